The number of para-hydroxylation sites is 5. The van der Waals surface area contributed by atoms with Crippen molar-refractivity contribution in [1.29, 1.82) is 0 Å². The van der Waals surface area contributed by atoms with Crippen molar-refractivity contribution >= 4 is 74.3 Å². The maximum atomic E-state index is 2.56. The predicted molar refractivity (Wildman–Crippen MR) is 224 cm³/mol. The largest absolute Gasteiger partial charge is 0.311 e. The van der Waals surface area contributed by atoms with Crippen LogP contribution in [-0.2, 0) is 0 Å². The lowest BCUT2D eigenvalue weighted by atomic mass is 9.33. The number of hydrogen-bond acceptors (Lipinski definition) is 3. The van der Waals surface area contributed by atoms with Gasteiger partial charge in [-0.2, -0.15) is 0 Å². The first-order valence-electron chi connectivity index (χ1n) is 18.3. The molecule has 0 saturated carbocycles. The first-order chi connectivity index (χ1) is 25.3. The van der Waals surface area contributed by atoms with Crippen molar-refractivity contribution in [2.45, 2.75) is 41.5 Å². The van der Waals surface area contributed by atoms with E-state index in [1.165, 1.54) is 89.6 Å². The van der Waals surface area contributed by atoms with Gasteiger partial charge in [-0.15, -0.1) is 0 Å². The Morgan fingerprint density at radius 1 is 0.404 bits per heavy atom. The standard InChI is InChI=1S/C48H42BN3/c1-31-26-27-43(36(6)28-31)50(37-20-8-7-9-21-37)38-29-44-46-45(30-38)52(42-25-13-11-17-33(42)3)48-35(5)19-15-23-40(48)49(46)39-22-14-18-34(4)47(39)51(44)41-24-12-10-16-32(41)2/h7-30H,1-6H3. The quantitative estimate of drug-likeness (QED) is 0.169. The molecule has 0 aliphatic carbocycles. The highest BCUT2D eigenvalue weighted by Gasteiger charge is 2.45. The van der Waals surface area contributed by atoms with Crippen LogP contribution in [0.1, 0.15) is 33.4 Å². The van der Waals surface area contributed by atoms with Gasteiger partial charge in [-0.3, -0.25) is 0 Å². The maximum Gasteiger partial charge on any atom is 0.252 e. The predicted octanol–water partition coefficient (Wildman–Crippen LogP) is 11.1. The molecular weight excluding hydrogens is 629 g/mol. The summed E-state index contributed by atoms with van der Waals surface area (Å²) in [6.07, 6.45) is 0. The minimum atomic E-state index is 0.0654. The van der Waals surface area contributed by atoms with E-state index < -0.39 is 0 Å². The van der Waals surface area contributed by atoms with Crippen molar-refractivity contribution in [3.8, 4) is 0 Å². The minimum absolute atomic E-state index is 0.0654. The molecule has 252 valence electrons. The second kappa shape index (κ2) is 12.3. The highest BCUT2D eigenvalue weighted by Crippen LogP contribution is 2.50. The number of nitrogens with zero attached hydrogens (tertiary/aromatic N) is 3. The molecule has 0 saturated heterocycles. The summed E-state index contributed by atoms with van der Waals surface area (Å²) in [5, 5.41) is 0. The zero-order valence-electron chi connectivity index (χ0n) is 30.8. The molecule has 3 nitrogen and oxygen atoms in total. The van der Waals surface area contributed by atoms with Crippen molar-refractivity contribution in [2.24, 2.45) is 0 Å². The Morgan fingerprint density at radius 2 is 0.904 bits per heavy atom. The van der Waals surface area contributed by atoms with Crippen LogP contribution in [0, 0.1) is 41.5 Å². The Balaban J connectivity index is 1.46. The molecule has 2 aliphatic heterocycles. The minimum Gasteiger partial charge on any atom is -0.311 e. The van der Waals surface area contributed by atoms with Crippen LogP contribution >= 0.6 is 0 Å². The van der Waals surface area contributed by atoms with Crippen molar-refractivity contribution in [3.05, 3.63) is 179 Å². The first-order valence-corrected chi connectivity index (χ1v) is 18.3. The van der Waals surface area contributed by atoms with Gasteiger partial charge >= 0.3 is 0 Å². The van der Waals surface area contributed by atoms with Crippen LogP contribution < -0.4 is 31.1 Å². The van der Waals surface area contributed by atoms with E-state index in [1.807, 2.05) is 0 Å². The van der Waals surface area contributed by atoms with E-state index in [-0.39, 0.29) is 6.71 Å². The van der Waals surface area contributed by atoms with Gasteiger partial charge in [-0.1, -0.05) is 109 Å². The molecule has 9 rings (SSSR count). The molecular formula is C48H42BN3. The van der Waals surface area contributed by atoms with Gasteiger partial charge in [-0.25, -0.2) is 0 Å². The van der Waals surface area contributed by atoms with Gasteiger partial charge in [-0.05, 0) is 128 Å². The number of benzene rings is 7. The second-order valence-electron chi connectivity index (χ2n) is 14.6. The van der Waals surface area contributed by atoms with Crippen molar-refractivity contribution in [2.75, 3.05) is 14.7 Å². The SMILES string of the molecule is Cc1ccc(N(c2ccccc2)c2cc3c4c(c2)N(c2ccccc2C)c2c(C)cccc2B4c2cccc(C)c2N3c2ccccc2C)c(C)c1. The van der Waals surface area contributed by atoms with Gasteiger partial charge in [0.1, 0.15) is 0 Å². The Morgan fingerprint density at radius 3 is 1.42 bits per heavy atom. The number of fused-ring (bicyclic) bond motifs is 4. The van der Waals surface area contributed by atoms with Crippen LogP contribution in [0.3, 0.4) is 0 Å². The number of aryl methyl sites for hydroxylation is 6. The molecule has 0 atom stereocenters. The molecule has 0 spiro atoms. The summed E-state index contributed by atoms with van der Waals surface area (Å²) < 4.78 is 0. The molecule has 0 N–H and O–H groups in total. The summed E-state index contributed by atoms with van der Waals surface area (Å²) in [6.45, 7) is 13.5. The number of rotatable bonds is 5. The number of hydrogen-bond donors (Lipinski definition) is 0. The van der Waals surface area contributed by atoms with Gasteiger partial charge in [0.15, 0.2) is 0 Å². The Bertz CT molecular complexity index is 2400. The molecule has 2 aliphatic rings. The lowest BCUT2D eigenvalue weighted by molar-refractivity contribution is 1.18. The molecule has 7 aromatic carbocycles. The fourth-order valence-corrected chi connectivity index (χ4v) is 8.75. The van der Waals surface area contributed by atoms with Gasteiger partial charge < -0.3 is 14.7 Å². The summed E-state index contributed by atoms with van der Waals surface area (Å²) in [4.78, 5) is 7.56. The monoisotopic (exact) mass is 671 g/mol. The highest BCUT2D eigenvalue weighted by molar-refractivity contribution is 7.00. The fourth-order valence-electron chi connectivity index (χ4n) is 8.75. The zero-order valence-corrected chi connectivity index (χ0v) is 30.8. The molecule has 0 aromatic heterocycles. The lowest BCUT2D eigenvalue weighted by Crippen LogP contribution is -2.61. The third-order valence-corrected chi connectivity index (χ3v) is 11.1. The van der Waals surface area contributed by atoms with Gasteiger partial charge in [0.05, 0.1) is 5.69 Å². The van der Waals surface area contributed by atoms with E-state index in [0.717, 1.165) is 11.4 Å². The summed E-state index contributed by atoms with van der Waals surface area (Å²) in [5.74, 6) is 0. The van der Waals surface area contributed by atoms with E-state index in [2.05, 4.69) is 202 Å². The van der Waals surface area contributed by atoms with Crippen molar-refractivity contribution in [3.63, 3.8) is 0 Å². The zero-order chi connectivity index (χ0) is 35.7. The fraction of sp³-hybridized carbons (Fsp3) is 0.125. The number of anilines is 9. The molecule has 7 aromatic rings. The summed E-state index contributed by atoms with van der Waals surface area (Å²) >= 11 is 0. The van der Waals surface area contributed by atoms with Crippen molar-refractivity contribution in [1.82, 2.24) is 0 Å². The molecule has 4 heteroatoms. The smallest absolute Gasteiger partial charge is 0.252 e. The Hall–Kier alpha value is -6.00. The molecule has 52 heavy (non-hydrogen) atoms. The van der Waals surface area contributed by atoms with Crippen LogP contribution in [0.2, 0.25) is 0 Å². The normalized spacial score (nSPS) is 12.7. The Kier molecular flexibility index (Phi) is 7.59. The van der Waals surface area contributed by atoms with Crippen LogP contribution in [-0.4, -0.2) is 6.71 Å². The van der Waals surface area contributed by atoms with Gasteiger partial charge in [0.2, 0.25) is 0 Å². The average Bonchev–Trinajstić information content (AvgIpc) is 3.14. The molecule has 2 heterocycles. The van der Waals surface area contributed by atoms with Crippen molar-refractivity contribution < 1.29 is 0 Å². The second-order valence-corrected chi connectivity index (χ2v) is 14.6. The lowest BCUT2D eigenvalue weighted by Gasteiger charge is -2.46. The molecule has 0 fully saturated rings. The van der Waals surface area contributed by atoms with E-state index in [1.54, 1.807) is 0 Å². The topological polar surface area (TPSA) is 9.72 Å². The van der Waals surface area contributed by atoms with Crippen LogP contribution in [0.4, 0.5) is 51.2 Å². The maximum absolute atomic E-state index is 2.56. The summed E-state index contributed by atoms with van der Waals surface area (Å²) in [6, 6.07) is 54.0. The highest BCUT2D eigenvalue weighted by atomic mass is 15.2. The van der Waals surface area contributed by atoms with E-state index in [9.17, 15) is 0 Å². The van der Waals surface area contributed by atoms with Crippen LogP contribution in [0.25, 0.3) is 0 Å². The molecule has 0 unspecified atom stereocenters. The first kappa shape index (κ1) is 31.9. The van der Waals surface area contributed by atoms with Gasteiger partial charge in [0.25, 0.3) is 6.71 Å². The summed E-state index contributed by atoms with van der Waals surface area (Å²) in [5.41, 5.74) is 22.3. The van der Waals surface area contributed by atoms with Gasteiger partial charge in [0, 0.05) is 45.5 Å². The summed E-state index contributed by atoms with van der Waals surface area (Å²) in [7, 11) is 0. The molecule has 0 amide bonds. The van der Waals surface area contributed by atoms with E-state index in [0.29, 0.717) is 0 Å². The van der Waals surface area contributed by atoms with E-state index >= 15 is 0 Å². The van der Waals surface area contributed by atoms with Crippen LogP contribution in [0.5, 0.6) is 0 Å². The molecule has 0 radical (unpaired) electrons. The molecule has 0 bridgehead atoms. The Labute approximate surface area is 308 Å². The van der Waals surface area contributed by atoms with Crippen LogP contribution in [0.15, 0.2) is 146 Å². The average molecular weight is 672 g/mol. The third kappa shape index (κ3) is 4.89. The van der Waals surface area contributed by atoms with E-state index in [4.69, 9.17) is 0 Å². The third-order valence-electron chi connectivity index (χ3n) is 11.1.